The number of aromatic nitrogens is 3. The Hall–Kier alpha value is -2.67. The van der Waals surface area contributed by atoms with E-state index in [2.05, 4.69) is 15.2 Å². The number of thioether (sulfide) groups is 1. The Morgan fingerprint density at radius 2 is 1.88 bits per heavy atom. The van der Waals surface area contributed by atoms with Crippen molar-refractivity contribution in [2.75, 3.05) is 14.1 Å². The van der Waals surface area contributed by atoms with Gasteiger partial charge in [0.15, 0.2) is 5.82 Å². The van der Waals surface area contributed by atoms with E-state index >= 15 is 0 Å². The normalized spacial score (nSPS) is 10.7. The lowest BCUT2D eigenvalue weighted by Crippen LogP contribution is -2.21. The summed E-state index contributed by atoms with van der Waals surface area (Å²) >= 11 is 1.44. The summed E-state index contributed by atoms with van der Waals surface area (Å²) in [5.41, 5.74) is 2.10. The van der Waals surface area contributed by atoms with E-state index in [0.717, 1.165) is 5.56 Å². The second kappa shape index (κ2) is 7.48. The predicted molar refractivity (Wildman–Crippen MR) is 95.8 cm³/mol. The Bertz CT molecular complexity index is 877. The third kappa shape index (κ3) is 4.06. The molecule has 0 aliphatic heterocycles. The van der Waals surface area contributed by atoms with Crippen molar-refractivity contribution in [3.8, 4) is 11.4 Å². The van der Waals surface area contributed by atoms with E-state index in [4.69, 9.17) is 0 Å². The van der Waals surface area contributed by atoms with Crippen LogP contribution in [0.25, 0.3) is 11.4 Å². The number of halogens is 1. The molecular weight excluding hydrogens is 339 g/mol. The molecule has 5 nitrogen and oxygen atoms in total. The fraction of sp³-hybridized carbons (Fsp3) is 0.167. The molecule has 0 fully saturated rings. The van der Waals surface area contributed by atoms with Gasteiger partial charge < -0.3 is 4.90 Å². The molecule has 0 saturated heterocycles. The van der Waals surface area contributed by atoms with Gasteiger partial charge in [-0.3, -0.25) is 9.89 Å². The molecule has 0 bridgehead atoms. The first-order valence-corrected chi connectivity index (χ1v) is 8.64. The summed E-state index contributed by atoms with van der Waals surface area (Å²) in [6.45, 7) is 0. The van der Waals surface area contributed by atoms with E-state index in [9.17, 15) is 9.18 Å². The van der Waals surface area contributed by atoms with Gasteiger partial charge in [0.2, 0.25) is 5.16 Å². The number of H-pyrrole nitrogens is 1. The molecule has 128 valence electrons. The molecule has 1 heterocycles. The van der Waals surface area contributed by atoms with Gasteiger partial charge >= 0.3 is 0 Å². The molecule has 0 saturated carbocycles. The topological polar surface area (TPSA) is 61.9 Å². The summed E-state index contributed by atoms with van der Waals surface area (Å²) < 4.78 is 13.8. The van der Waals surface area contributed by atoms with Gasteiger partial charge in [0.05, 0.1) is 5.56 Å². The van der Waals surface area contributed by atoms with Gasteiger partial charge in [-0.25, -0.2) is 9.37 Å². The van der Waals surface area contributed by atoms with Crippen molar-refractivity contribution in [1.82, 2.24) is 20.1 Å². The van der Waals surface area contributed by atoms with Crippen LogP contribution >= 0.6 is 11.8 Å². The number of hydrogen-bond donors (Lipinski definition) is 1. The van der Waals surface area contributed by atoms with Crippen LogP contribution in [0.15, 0.2) is 53.7 Å². The summed E-state index contributed by atoms with van der Waals surface area (Å²) in [5, 5.41) is 7.43. The Balaban J connectivity index is 1.65. The van der Waals surface area contributed by atoms with Crippen molar-refractivity contribution in [1.29, 1.82) is 0 Å². The third-order valence-corrected chi connectivity index (χ3v) is 4.49. The maximum absolute atomic E-state index is 13.8. The fourth-order valence-electron chi connectivity index (χ4n) is 2.23. The zero-order valence-corrected chi connectivity index (χ0v) is 14.7. The highest BCUT2D eigenvalue weighted by Gasteiger charge is 2.11. The third-order valence-electron chi connectivity index (χ3n) is 3.57. The van der Waals surface area contributed by atoms with E-state index in [-0.39, 0.29) is 11.7 Å². The van der Waals surface area contributed by atoms with Crippen molar-refractivity contribution in [2.24, 2.45) is 0 Å². The molecular formula is C18H17FN4OS. The number of nitrogens with one attached hydrogen (secondary N) is 1. The van der Waals surface area contributed by atoms with Crippen LogP contribution in [0, 0.1) is 5.82 Å². The van der Waals surface area contributed by atoms with Crippen molar-refractivity contribution in [3.05, 3.63) is 65.5 Å². The first-order valence-electron chi connectivity index (χ1n) is 7.65. The van der Waals surface area contributed by atoms with Crippen LogP contribution in [0.5, 0.6) is 0 Å². The number of carbonyl (C=O) groups excluding carboxylic acids is 1. The number of aromatic amines is 1. The van der Waals surface area contributed by atoms with Crippen molar-refractivity contribution < 1.29 is 9.18 Å². The van der Waals surface area contributed by atoms with Crippen molar-refractivity contribution >= 4 is 17.7 Å². The van der Waals surface area contributed by atoms with E-state index in [1.54, 1.807) is 49.3 Å². The fourth-order valence-corrected chi connectivity index (χ4v) is 2.99. The molecule has 0 atom stereocenters. The smallest absolute Gasteiger partial charge is 0.253 e. The zero-order valence-electron chi connectivity index (χ0n) is 13.9. The molecule has 1 amide bonds. The van der Waals surface area contributed by atoms with E-state index < -0.39 is 0 Å². The monoisotopic (exact) mass is 356 g/mol. The quantitative estimate of drug-likeness (QED) is 0.710. The second-order valence-electron chi connectivity index (χ2n) is 5.63. The van der Waals surface area contributed by atoms with Gasteiger partial charge in [0.25, 0.3) is 5.91 Å². The molecule has 0 unspecified atom stereocenters. The predicted octanol–water partition coefficient (Wildman–Crippen LogP) is 3.60. The molecule has 3 aromatic rings. The molecule has 3 rings (SSSR count). The van der Waals surface area contributed by atoms with Gasteiger partial charge in [-0.1, -0.05) is 36.0 Å². The summed E-state index contributed by atoms with van der Waals surface area (Å²) in [6.07, 6.45) is 0. The maximum atomic E-state index is 13.8. The van der Waals surface area contributed by atoms with E-state index in [1.165, 1.54) is 17.8 Å². The SMILES string of the molecule is CN(C)C(=O)c1ccc(CSc2n[nH]c(-c3ccccc3F)n2)cc1. The molecule has 0 radical (unpaired) electrons. The Labute approximate surface area is 149 Å². The molecule has 0 aliphatic carbocycles. The van der Waals surface area contributed by atoms with Crippen molar-refractivity contribution in [2.45, 2.75) is 10.9 Å². The van der Waals surface area contributed by atoms with E-state index in [1.807, 2.05) is 12.1 Å². The average molecular weight is 356 g/mol. The first-order chi connectivity index (χ1) is 12.0. The Morgan fingerprint density at radius 1 is 1.16 bits per heavy atom. The highest BCUT2D eigenvalue weighted by molar-refractivity contribution is 7.98. The van der Waals surface area contributed by atoms with Gasteiger partial charge in [-0.15, -0.1) is 5.10 Å². The minimum absolute atomic E-state index is 0.0253. The number of rotatable bonds is 5. The van der Waals surface area contributed by atoms with Gasteiger partial charge in [0, 0.05) is 25.4 Å². The minimum Gasteiger partial charge on any atom is -0.345 e. The number of nitrogens with zero attached hydrogens (tertiary/aromatic N) is 3. The van der Waals surface area contributed by atoms with Gasteiger partial charge in [-0.05, 0) is 29.8 Å². The highest BCUT2D eigenvalue weighted by atomic mass is 32.2. The summed E-state index contributed by atoms with van der Waals surface area (Å²) in [4.78, 5) is 17.7. The zero-order chi connectivity index (χ0) is 17.8. The molecule has 0 aliphatic rings. The summed E-state index contributed by atoms with van der Waals surface area (Å²) in [7, 11) is 3.45. The molecule has 2 aromatic carbocycles. The Morgan fingerprint density at radius 3 is 2.56 bits per heavy atom. The van der Waals surface area contributed by atoms with Crippen LogP contribution in [0.3, 0.4) is 0 Å². The number of amides is 1. The number of carbonyl (C=O) groups is 1. The van der Waals surface area contributed by atoms with Gasteiger partial charge in [0.1, 0.15) is 5.82 Å². The lowest BCUT2D eigenvalue weighted by Gasteiger charge is -2.10. The van der Waals surface area contributed by atoms with Crippen molar-refractivity contribution in [3.63, 3.8) is 0 Å². The average Bonchev–Trinajstić information content (AvgIpc) is 3.09. The van der Waals surface area contributed by atoms with Crippen LogP contribution in [0.4, 0.5) is 4.39 Å². The van der Waals surface area contributed by atoms with Gasteiger partial charge in [-0.2, -0.15) is 0 Å². The molecule has 25 heavy (non-hydrogen) atoms. The highest BCUT2D eigenvalue weighted by Crippen LogP contribution is 2.24. The number of benzene rings is 2. The minimum atomic E-state index is -0.337. The van der Waals surface area contributed by atoms with Crippen LogP contribution in [0.2, 0.25) is 0 Å². The second-order valence-corrected chi connectivity index (χ2v) is 6.57. The lowest BCUT2D eigenvalue weighted by atomic mass is 10.1. The lowest BCUT2D eigenvalue weighted by molar-refractivity contribution is 0.0827. The van der Waals surface area contributed by atoms with Crippen LogP contribution in [-0.2, 0) is 5.75 Å². The van der Waals surface area contributed by atoms with Crippen LogP contribution in [-0.4, -0.2) is 40.1 Å². The molecule has 7 heteroatoms. The number of hydrogen-bond acceptors (Lipinski definition) is 4. The largest absolute Gasteiger partial charge is 0.345 e. The molecule has 1 aromatic heterocycles. The van der Waals surface area contributed by atoms with Crippen LogP contribution in [0.1, 0.15) is 15.9 Å². The first kappa shape index (κ1) is 17.2. The molecule has 1 N–H and O–H groups in total. The summed E-state index contributed by atoms with van der Waals surface area (Å²) in [5.74, 6) is 0.705. The van der Waals surface area contributed by atoms with Crippen LogP contribution < -0.4 is 0 Å². The maximum Gasteiger partial charge on any atom is 0.253 e. The molecule has 0 spiro atoms. The van der Waals surface area contributed by atoms with E-state index in [0.29, 0.717) is 27.9 Å². The standard InChI is InChI=1S/C18H17FN4OS/c1-23(2)17(24)13-9-7-12(8-10-13)11-25-18-20-16(21-22-18)14-5-3-4-6-15(14)19/h3-10H,11H2,1-2H3,(H,20,21,22). The summed E-state index contributed by atoms with van der Waals surface area (Å²) in [6, 6.07) is 13.9. The Kier molecular flexibility index (Phi) is 5.14.